The molecule has 2 aromatic heterocycles. The van der Waals surface area contributed by atoms with Crippen LogP contribution in [-0.4, -0.2) is 29.5 Å². The van der Waals surface area contributed by atoms with E-state index in [1.54, 1.807) is 18.0 Å². The molecule has 0 radical (unpaired) electrons. The molecule has 4 aromatic rings. The highest BCUT2D eigenvalue weighted by Gasteiger charge is 2.15. The first-order valence-electron chi connectivity index (χ1n) is 7.52. The molecule has 0 saturated carbocycles. The van der Waals surface area contributed by atoms with Gasteiger partial charge in [0.15, 0.2) is 10.3 Å². The summed E-state index contributed by atoms with van der Waals surface area (Å²) >= 11 is 2.78. The standard InChI is InChI=1S/C17H13FN4OS2/c1-22(17-21-15-10(18)5-4-8-13(15)25-17)9-14(23)20-16-19-11-6-2-3-7-12(11)24-16/h2-8H,9H2,1H3,(H,19,20,23). The number of hydrogen-bond acceptors (Lipinski definition) is 6. The fraction of sp³-hybridized carbons (Fsp3) is 0.118. The Morgan fingerprint density at radius 1 is 1.12 bits per heavy atom. The van der Waals surface area contributed by atoms with Crippen molar-refractivity contribution in [2.75, 3.05) is 23.8 Å². The van der Waals surface area contributed by atoms with Gasteiger partial charge in [-0.25, -0.2) is 14.4 Å². The zero-order valence-electron chi connectivity index (χ0n) is 13.2. The molecule has 1 amide bonds. The highest BCUT2D eigenvalue weighted by atomic mass is 32.1. The lowest BCUT2D eigenvalue weighted by Gasteiger charge is -2.14. The van der Waals surface area contributed by atoms with Gasteiger partial charge in [-0.3, -0.25) is 4.79 Å². The predicted molar refractivity (Wildman–Crippen MR) is 101 cm³/mol. The number of carbonyl (C=O) groups excluding carboxylic acids is 1. The third kappa shape index (κ3) is 3.18. The maximum Gasteiger partial charge on any atom is 0.245 e. The number of benzene rings is 2. The summed E-state index contributed by atoms with van der Waals surface area (Å²) in [5.41, 5.74) is 1.19. The summed E-state index contributed by atoms with van der Waals surface area (Å²) in [7, 11) is 1.76. The number of halogens is 1. The van der Waals surface area contributed by atoms with Gasteiger partial charge in [0.2, 0.25) is 5.91 Å². The van der Waals surface area contributed by atoms with Crippen LogP contribution >= 0.6 is 22.7 Å². The SMILES string of the molecule is CN(CC(=O)Nc1nc2ccccc2s1)c1nc2c(F)cccc2s1. The number of aromatic nitrogens is 2. The van der Waals surface area contributed by atoms with Gasteiger partial charge in [0.25, 0.3) is 0 Å². The van der Waals surface area contributed by atoms with E-state index in [1.165, 1.54) is 28.7 Å². The van der Waals surface area contributed by atoms with Crippen LogP contribution in [0.3, 0.4) is 0 Å². The van der Waals surface area contributed by atoms with E-state index in [9.17, 15) is 9.18 Å². The van der Waals surface area contributed by atoms with E-state index in [1.807, 2.05) is 30.3 Å². The number of nitrogens with one attached hydrogen (secondary N) is 1. The van der Waals surface area contributed by atoms with Crippen LogP contribution in [0, 0.1) is 5.82 Å². The first-order valence-corrected chi connectivity index (χ1v) is 9.15. The zero-order valence-corrected chi connectivity index (χ0v) is 14.8. The number of likely N-dealkylation sites (N-methyl/N-ethyl adjacent to an activating group) is 1. The van der Waals surface area contributed by atoms with E-state index in [-0.39, 0.29) is 18.3 Å². The maximum atomic E-state index is 13.8. The number of thiazole rings is 2. The first-order chi connectivity index (χ1) is 12.1. The smallest absolute Gasteiger partial charge is 0.245 e. The lowest BCUT2D eigenvalue weighted by Crippen LogP contribution is -2.29. The second-order valence-electron chi connectivity index (χ2n) is 5.47. The van der Waals surface area contributed by atoms with E-state index in [0.717, 1.165) is 14.9 Å². The lowest BCUT2D eigenvalue weighted by molar-refractivity contribution is -0.114. The van der Waals surface area contributed by atoms with Gasteiger partial charge in [0, 0.05) is 7.05 Å². The van der Waals surface area contributed by atoms with Crippen molar-refractivity contribution in [1.29, 1.82) is 0 Å². The van der Waals surface area contributed by atoms with Crippen molar-refractivity contribution in [3.05, 3.63) is 48.3 Å². The molecule has 0 saturated heterocycles. The van der Waals surface area contributed by atoms with Gasteiger partial charge in [-0.1, -0.05) is 40.9 Å². The Hall–Kier alpha value is -2.58. The Morgan fingerprint density at radius 3 is 2.72 bits per heavy atom. The quantitative estimate of drug-likeness (QED) is 0.585. The molecule has 0 bridgehead atoms. The molecule has 2 aromatic carbocycles. The van der Waals surface area contributed by atoms with Crippen molar-refractivity contribution in [3.63, 3.8) is 0 Å². The molecule has 25 heavy (non-hydrogen) atoms. The van der Waals surface area contributed by atoms with Crippen LogP contribution in [-0.2, 0) is 4.79 Å². The third-order valence-corrected chi connectivity index (χ3v) is 5.69. The van der Waals surface area contributed by atoms with Gasteiger partial charge in [-0.2, -0.15) is 0 Å². The van der Waals surface area contributed by atoms with Crippen LogP contribution in [0.5, 0.6) is 0 Å². The fourth-order valence-electron chi connectivity index (χ4n) is 2.43. The Labute approximate surface area is 150 Å². The Kier molecular flexibility index (Phi) is 4.06. The number of anilines is 2. The predicted octanol–water partition coefficient (Wildman–Crippen LogP) is 4.12. The van der Waals surface area contributed by atoms with Crippen molar-refractivity contribution in [2.45, 2.75) is 0 Å². The molecule has 1 N–H and O–H groups in total. The highest BCUT2D eigenvalue weighted by Crippen LogP contribution is 2.29. The van der Waals surface area contributed by atoms with Crippen molar-refractivity contribution in [1.82, 2.24) is 9.97 Å². The molecule has 0 unspecified atom stereocenters. The number of amides is 1. The number of rotatable bonds is 4. The van der Waals surface area contributed by atoms with Gasteiger partial charge >= 0.3 is 0 Å². The molecular weight excluding hydrogens is 359 g/mol. The van der Waals surface area contributed by atoms with Gasteiger partial charge in [0.05, 0.1) is 21.5 Å². The number of hydrogen-bond donors (Lipinski definition) is 1. The molecule has 0 aliphatic carbocycles. The molecule has 0 aliphatic rings. The second kappa shape index (κ2) is 6.38. The summed E-state index contributed by atoms with van der Waals surface area (Å²) in [6.45, 7) is 0.108. The van der Waals surface area contributed by atoms with Crippen molar-refractivity contribution < 1.29 is 9.18 Å². The normalized spacial score (nSPS) is 11.1. The van der Waals surface area contributed by atoms with Crippen LogP contribution in [0.25, 0.3) is 20.4 Å². The summed E-state index contributed by atoms with van der Waals surface area (Å²) in [5.74, 6) is -0.548. The largest absolute Gasteiger partial charge is 0.342 e. The average Bonchev–Trinajstić information content (AvgIpc) is 3.18. The third-order valence-electron chi connectivity index (χ3n) is 3.61. The summed E-state index contributed by atoms with van der Waals surface area (Å²) < 4.78 is 15.5. The summed E-state index contributed by atoms with van der Waals surface area (Å²) in [4.78, 5) is 22.6. The molecule has 5 nitrogen and oxygen atoms in total. The lowest BCUT2D eigenvalue weighted by atomic mass is 10.3. The minimum absolute atomic E-state index is 0.108. The molecule has 0 fully saturated rings. The number of para-hydroxylation sites is 2. The van der Waals surface area contributed by atoms with Crippen LogP contribution in [0.4, 0.5) is 14.7 Å². The highest BCUT2D eigenvalue weighted by molar-refractivity contribution is 7.22. The number of carbonyl (C=O) groups is 1. The van der Waals surface area contributed by atoms with Crippen molar-refractivity contribution in [3.8, 4) is 0 Å². The van der Waals surface area contributed by atoms with Crippen LogP contribution in [0.1, 0.15) is 0 Å². The van der Waals surface area contributed by atoms with Gasteiger partial charge in [-0.05, 0) is 24.3 Å². The summed E-state index contributed by atoms with van der Waals surface area (Å²) in [5, 5.41) is 3.97. The average molecular weight is 372 g/mol. The molecule has 0 atom stereocenters. The molecule has 0 spiro atoms. The monoisotopic (exact) mass is 372 g/mol. The molecule has 2 heterocycles. The summed E-state index contributed by atoms with van der Waals surface area (Å²) in [6.07, 6.45) is 0. The second-order valence-corrected chi connectivity index (χ2v) is 7.51. The van der Waals surface area contributed by atoms with Gasteiger partial charge in [-0.15, -0.1) is 0 Å². The van der Waals surface area contributed by atoms with Crippen molar-refractivity contribution >= 4 is 59.3 Å². The molecule has 0 aliphatic heterocycles. The molecule has 126 valence electrons. The Balaban J connectivity index is 1.48. The van der Waals surface area contributed by atoms with Crippen molar-refractivity contribution in [2.24, 2.45) is 0 Å². The number of nitrogens with zero attached hydrogens (tertiary/aromatic N) is 3. The number of fused-ring (bicyclic) bond motifs is 2. The first kappa shape index (κ1) is 15.9. The van der Waals surface area contributed by atoms with E-state index in [2.05, 4.69) is 15.3 Å². The topological polar surface area (TPSA) is 58.1 Å². The summed E-state index contributed by atoms with van der Waals surface area (Å²) in [6, 6.07) is 12.6. The zero-order chi connectivity index (χ0) is 17.4. The molecule has 8 heteroatoms. The van der Waals surface area contributed by atoms with Gasteiger partial charge < -0.3 is 10.2 Å². The van der Waals surface area contributed by atoms with Crippen LogP contribution < -0.4 is 10.2 Å². The van der Waals surface area contributed by atoms with E-state index < -0.39 is 0 Å². The minimum atomic E-state index is -0.354. The minimum Gasteiger partial charge on any atom is -0.342 e. The van der Waals surface area contributed by atoms with Crippen LogP contribution in [0.15, 0.2) is 42.5 Å². The van der Waals surface area contributed by atoms with E-state index in [0.29, 0.717) is 15.8 Å². The van der Waals surface area contributed by atoms with Gasteiger partial charge in [0.1, 0.15) is 11.3 Å². The van der Waals surface area contributed by atoms with E-state index in [4.69, 9.17) is 0 Å². The maximum absolute atomic E-state index is 13.8. The van der Waals surface area contributed by atoms with Crippen LogP contribution in [0.2, 0.25) is 0 Å². The Morgan fingerprint density at radius 2 is 1.92 bits per heavy atom. The van der Waals surface area contributed by atoms with E-state index >= 15 is 0 Å². The fourth-order valence-corrected chi connectivity index (χ4v) is 4.26. The molecule has 4 rings (SSSR count). The Bertz CT molecular complexity index is 1040. The molecular formula is C17H13FN4OS2.